The number of aromatic nitrogens is 2. The van der Waals surface area contributed by atoms with E-state index in [-0.39, 0.29) is 0 Å². The molecule has 88 valence electrons. The minimum atomic E-state index is -0.684. The third kappa shape index (κ3) is 2.61. The zero-order valence-corrected chi connectivity index (χ0v) is 9.46. The van der Waals surface area contributed by atoms with E-state index in [0.29, 0.717) is 12.3 Å². The molecule has 5 heteroatoms. The van der Waals surface area contributed by atoms with E-state index in [1.54, 1.807) is 6.20 Å². The number of rotatable bonds is 5. The lowest BCUT2D eigenvalue weighted by Crippen LogP contribution is -2.48. The van der Waals surface area contributed by atoms with Crippen LogP contribution in [0.4, 0.5) is 0 Å². The van der Waals surface area contributed by atoms with Crippen molar-refractivity contribution < 1.29 is 9.90 Å². The van der Waals surface area contributed by atoms with E-state index in [1.807, 2.05) is 17.8 Å². The number of hydrogen-bond donors (Lipinski definition) is 1. The van der Waals surface area contributed by atoms with Gasteiger partial charge in [-0.1, -0.05) is 0 Å². The molecule has 0 radical (unpaired) electrons. The number of hydrogen-bond acceptors (Lipinski definition) is 3. The Kier molecular flexibility index (Phi) is 3.24. The van der Waals surface area contributed by atoms with Crippen molar-refractivity contribution in [2.24, 2.45) is 13.0 Å². The second-order valence-corrected chi connectivity index (χ2v) is 4.42. The Morgan fingerprint density at radius 1 is 1.62 bits per heavy atom. The summed E-state index contributed by atoms with van der Waals surface area (Å²) in [5.74, 6) is -0.333. The summed E-state index contributed by atoms with van der Waals surface area (Å²) in [6, 6.07) is 2.02. The fourth-order valence-electron chi connectivity index (χ4n) is 2.15. The maximum absolute atomic E-state index is 10.5. The Morgan fingerprint density at radius 3 is 2.94 bits per heavy atom. The topological polar surface area (TPSA) is 58.4 Å². The minimum absolute atomic E-state index is 0.308. The highest BCUT2D eigenvalue weighted by molar-refractivity contribution is 5.67. The Hall–Kier alpha value is -1.36. The number of carboxylic acids is 1. The van der Waals surface area contributed by atoms with Crippen LogP contribution in [-0.4, -0.2) is 45.4 Å². The van der Waals surface area contributed by atoms with Gasteiger partial charge in [-0.25, -0.2) is 0 Å². The van der Waals surface area contributed by atoms with Crippen LogP contribution in [0.25, 0.3) is 0 Å². The van der Waals surface area contributed by atoms with Gasteiger partial charge in [0.2, 0.25) is 0 Å². The van der Waals surface area contributed by atoms with Crippen LogP contribution < -0.4 is 0 Å². The van der Waals surface area contributed by atoms with Gasteiger partial charge >= 0.3 is 5.97 Å². The summed E-state index contributed by atoms with van der Waals surface area (Å²) in [7, 11) is 1.94. The minimum Gasteiger partial charge on any atom is -0.481 e. The first-order valence-electron chi connectivity index (χ1n) is 5.56. The SMILES string of the molecule is Cn1nccc1CCN1CC(CC(=O)O)C1. The number of aliphatic carboxylic acids is 1. The van der Waals surface area contributed by atoms with Gasteiger partial charge in [0.05, 0.1) is 6.42 Å². The molecule has 0 atom stereocenters. The smallest absolute Gasteiger partial charge is 0.303 e. The monoisotopic (exact) mass is 223 g/mol. The van der Waals surface area contributed by atoms with Gasteiger partial charge < -0.3 is 10.0 Å². The summed E-state index contributed by atoms with van der Waals surface area (Å²) in [5.41, 5.74) is 1.22. The number of carbonyl (C=O) groups is 1. The maximum atomic E-state index is 10.5. The Morgan fingerprint density at radius 2 is 2.38 bits per heavy atom. The van der Waals surface area contributed by atoms with Gasteiger partial charge in [-0.3, -0.25) is 9.48 Å². The molecule has 1 aliphatic heterocycles. The van der Waals surface area contributed by atoms with Crippen molar-refractivity contribution >= 4 is 5.97 Å². The molecule has 0 saturated carbocycles. The molecule has 0 aliphatic carbocycles. The lowest BCUT2D eigenvalue weighted by atomic mass is 9.96. The molecule has 1 aromatic rings. The van der Waals surface area contributed by atoms with Crippen molar-refractivity contribution in [1.82, 2.24) is 14.7 Å². The first kappa shape index (κ1) is 11.1. The van der Waals surface area contributed by atoms with Crippen LogP contribution in [0, 0.1) is 5.92 Å². The van der Waals surface area contributed by atoms with Crippen LogP contribution in [0.15, 0.2) is 12.3 Å². The van der Waals surface area contributed by atoms with Crippen LogP contribution in [0.2, 0.25) is 0 Å². The highest BCUT2D eigenvalue weighted by Gasteiger charge is 2.27. The number of nitrogens with zero attached hydrogens (tertiary/aromatic N) is 3. The number of likely N-dealkylation sites (tertiary alicyclic amines) is 1. The standard InChI is InChI=1S/C11H17N3O2/c1-13-10(2-4-12-13)3-5-14-7-9(8-14)6-11(15)16/h2,4,9H,3,5-8H2,1H3,(H,15,16). The fraction of sp³-hybridized carbons (Fsp3) is 0.636. The normalized spacial score (nSPS) is 17.3. The van der Waals surface area contributed by atoms with Gasteiger partial charge in [0.1, 0.15) is 0 Å². The molecule has 0 amide bonds. The van der Waals surface area contributed by atoms with Crippen LogP contribution in [0.1, 0.15) is 12.1 Å². The molecule has 1 N–H and O–H groups in total. The Labute approximate surface area is 94.7 Å². The highest BCUT2D eigenvalue weighted by atomic mass is 16.4. The van der Waals surface area contributed by atoms with Crippen molar-refractivity contribution in [3.8, 4) is 0 Å². The van der Waals surface area contributed by atoms with Gasteiger partial charge in [0.15, 0.2) is 0 Å². The lowest BCUT2D eigenvalue weighted by Gasteiger charge is -2.38. The summed E-state index contributed by atoms with van der Waals surface area (Å²) in [5, 5.41) is 12.7. The molecule has 2 heterocycles. The van der Waals surface area contributed by atoms with Crippen LogP contribution in [0.5, 0.6) is 0 Å². The van der Waals surface area contributed by atoms with Crippen molar-refractivity contribution in [3.63, 3.8) is 0 Å². The summed E-state index contributed by atoms with van der Waals surface area (Å²) in [6.07, 6.45) is 3.09. The third-order valence-electron chi connectivity index (χ3n) is 3.10. The molecule has 1 aliphatic rings. The molecule has 1 aromatic heterocycles. The highest BCUT2D eigenvalue weighted by Crippen LogP contribution is 2.19. The fourth-order valence-corrected chi connectivity index (χ4v) is 2.15. The van der Waals surface area contributed by atoms with E-state index in [9.17, 15) is 4.79 Å². The quantitative estimate of drug-likeness (QED) is 0.783. The molecular weight excluding hydrogens is 206 g/mol. The summed E-state index contributed by atoms with van der Waals surface area (Å²) < 4.78 is 1.88. The molecule has 1 saturated heterocycles. The van der Waals surface area contributed by atoms with Crippen molar-refractivity contribution in [2.45, 2.75) is 12.8 Å². The van der Waals surface area contributed by atoms with E-state index in [1.165, 1.54) is 5.69 Å². The zero-order chi connectivity index (χ0) is 11.5. The largest absolute Gasteiger partial charge is 0.481 e. The maximum Gasteiger partial charge on any atom is 0.303 e. The second-order valence-electron chi connectivity index (χ2n) is 4.42. The predicted octanol–water partition coefficient (Wildman–Crippen LogP) is 0.369. The van der Waals surface area contributed by atoms with Gasteiger partial charge in [-0.2, -0.15) is 5.10 Å². The van der Waals surface area contributed by atoms with Crippen molar-refractivity contribution in [3.05, 3.63) is 18.0 Å². The Balaban J connectivity index is 1.67. The Bertz CT molecular complexity index is 369. The summed E-state index contributed by atoms with van der Waals surface area (Å²) in [4.78, 5) is 12.8. The van der Waals surface area contributed by atoms with E-state index in [4.69, 9.17) is 5.11 Å². The number of aryl methyl sites for hydroxylation is 1. The lowest BCUT2D eigenvalue weighted by molar-refractivity contribution is -0.139. The van der Waals surface area contributed by atoms with E-state index in [0.717, 1.165) is 26.1 Å². The third-order valence-corrected chi connectivity index (χ3v) is 3.10. The predicted molar refractivity (Wildman–Crippen MR) is 59.1 cm³/mol. The molecule has 0 bridgehead atoms. The first-order valence-corrected chi connectivity index (χ1v) is 5.56. The first-order chi connectivity index (χ1) is 7.65. The molecule has 5 nitrogen and oxygen atoms in total. The number of carboxylic acid groups (broad SMARTS) is 1. The van der Waals surface area contributed by atoms with Crippen molar-refractivity contribution in [1.29, 1.82) is 0 Å². The van der Waals surface area contributed by atoms with Gasteiger partial charge in [-0.05, 0) is 12.0 Å². The van der Waals surface area contributed by atoms with Gasteiger partial charge in [-0.15, -0.1) is 0 Å². The average molecular weight is 223 g/mol. The molecule has 0 spiro atoms. The molecule has 16 heavy (non-hydrogen) atoms. The van der Waals surface area contributed by atoms with E-state index in [2.05, 4.69) is 10.00 Å². The summed E-state index contributed by atoms with van der Waals surface area (Å²) >= 11 is 0. The van der Waals surface area contributed by atoms with E-state index < -0.39 is 5.97 Å². The molecule has 2 rings (SSSR count). The molecule has 0 aromatic carbocycles. The second kappa shape index (κ2) is 4.65. The van der Waals surface area contributed by atoms with E-state index >= 15 is 0 Å². The molecular formula is C11H17N3O2. The molecule has 1 fully saturated rings. The van der Waals surface area contributed by atoms with Crippen LogP contribution in [-0.2, 0) is 18.3 Å². The van der Waals surface area contributed by atoms with Gasteiger partial charge in [0, 0.05) is 45.0 Å². The zero-order valence-electron chi connectivity index (χ0n) is 9.46. The summed E-state index contributed by atoms with van der Waals surface area (Å²) in [6.45, 7) is 2.84. The van der Waals surface area contributed by atoms with Crippen molar-refractivity contribution in [2.75, 3.05) is 19.6 Å². The average Bonchev–Trinajstić information content (AvgIpc) is 2.55. The van der Waals surface area contributed by atoms with Gasteiger partial charge in [0.25, 0.3) is 0 Å². The van der Waals surface area contributed by atoms with Crippen LogP contribution >= 0.6 is 0 Å². The van der Waals surface area contributed by atoms with Crippen LogP contribution in [0.3, 0.4) is 0 Å². The molecule has 0 unspecified atom stereocenters.